The number of nitrogens with zero attached hydrogens (tertiary/aromatic N) is 1. The maximum atomic E-state index is 12.1. The highest BCUT2D eigenvalue weighted by Crippen LogP contribution is 2.40. The van der Waals surface area contributed by atoms with Gasteiger partial charge in [-0.3, -0.25) is 4.79 Å². The van der Waals surface area contributed by atoms with E-state index in [0.29, 0.717) is 38.3 Å². The van der Waals surface area contributed by atoms with Crippen LogP contribution < -0.4 is 0 Å². The number of hydrogen-bond donors (Lipinski definition) is 1. The largest absolute Gasteiger partial charge is 0.481 e. The van der Waals surface area contributed by atoms with Crippen LogP contribution in [-0.2, 0) is 9.53 Å². The van der Waals surface area contributed by atoms with E-state index in [1.54, 1.807) is 4.90 Å². The number of carboxylic acids is 1. The molecule has 1 rings (SSSR count). The monoisotopic (exact) mass is 313 g/mol. The van der Waals surface area contributed by atoms with Gasteiger partial charge in [0.1, 0.15) is 5.60 Å². The van der Waals surface area contributed by atoms with E-state index in [1.165, 1.54) is 0 Å². The maximum absolute atomic E-state index is 12.1. The van der Waals surface area contributed by atoms with E-state index in [-0.39, 0.29) is 6.09 Å². The summed E-state index contributed by atoms with van der Waals surface area (Å²) in [4.78, 5) is 25.5. The predicted octanol–water partition coefficient (Wildman–Crippen LogP) is 3.91. The standard InChI is InChI=1S/C17H31NO4/c1-6-13(7-2)12-17(14(19)20)8-10-18(11-9-17)15(21)22-16(3,4)5/h13H,6-12H2,1-5H3,(H,19,20). The highest BCUT2D eigenvalue weighted by atomic mass is 16.6. The van der Waals surface area contributed by atoms with Gasteiger partial charge in [-0.25, -0.2) is 4.79 Å². The van der Waals surface area contributed by atoms with Crippen molar-refractivity contribution in [1.29, 1.82) is 0 Å². The Balaban J connectivity index is 2.70. The molecule has 1 aliphatic rings. The molecule has 1 heterocycles. The van der Waals surface area contributed by atoms with Crippen LogP contribution in [0.1, 0.15) is 66.7 Å². The van der Waals surface area contributed by atoms with Crippen molar-refractivity contribution in [3.8, 4) is 0 Å². The molecule has 0 aromatic rings. The number of carboxylic acid groups (broad SMARTS) is 1. The zero-order valence-corrected chi connectivity index (χ0v) is 14.6. The molecule has 22 heavy (non-hydrogen) atoms. The van der Waals surface area contributed by atoms with Crippen LogP contribution >= 0.6 is 0 Å². The lowest BCUT2D eigenvalue weighted by Crippen LogP contribution is -2.48. The molecule has 0 aromatic heterocycles. The van der Waals surface area contributed by atoms with Crippen LogP contribution in [0.2, 0.25) is 0 Å². The minimum atomic E-state index is -0.719. The van der Waals surface area contributed by atoms with Crippen LogP contribution in [0.15, 0.2) is 0 Å². The lowest BCUT2D eigenvalue weighted by atomic mass is 9.71. The average molecular weight is 313 g/mol. The van der Waals surface area contributed by atoms with Gasteiger partial charge >= 0.3 is 12.1 Å². The Hall–Kier alpha value is -1.26. The fourth-order valence-corrected chi connectivity index (χ4v) is 3.08. The zero-order valence-electron chi connectivity index (χ0n) is 14.6. The third-order valence-electron chi connectivity index (χ3n) is 4.66. The van der Waals surface area contributed by atoms with E-state index in [0.717, 1.165) is 12.8 Å². The van der Waals surface area contributed by atoms with Gasteiger partial charge in [-0.2, -0.15) is 0 Å². The molecule has 0 spiro atoms. The van der Waals surface area contributed by atoms with Crippen molar-refractivity contribution in [3.63, 3.8) is 0 Å². The number of carbonyl (C=O) groups is 2. The zero-order chi connectivity index (χ0) is 17.0. The summed E-state index contributed by atoms with van der Waals surface area (Å²) in [6, 6.07) is 0. The number of piperidine rings is 1. The Morgan fingerprint density at radius 3 is 2.05 bits per heavy atom. The molecule has 0 atom stereocenters. The molecule has 1 amide bonds. The first-order chi connectivity index (χ1) is 10.1. The Labute approximate surface area is 134 Å². The normalized spacial score (nSPS) is 18.4. The van der Waals surface area contributed by atoms with Gasteiger partial charge in [0.05, 0.1) is 5.41 Å². The van der Waals surface area contributed by atoms with Crippen LogP contribution in [0.4, 0.5) is 4.79 Å². The molecule has 0 unspecified atom stereocenters. The second-order valence-corrected chi connectivity index (χ2v) is 7.44. The molecule has 1 aliphatic heterocycles. The van der Waals surface area contributed by atoms with Crippen molar-refractivity contribution >= 4 is 12.1 Å². The van der Waals surface area contributed by atoms with Crippen molar-refractivity contribution in [3.05, 3.63) is 0 Å². The van der Waals surface area contributed by atoms with Gasteiger partial charge in [0.15, 0.2) is 0 Å². The number of carbonyl (C=O) groups excluding carboxylic acids is 1. The van der Waals surface area contributed by atoms with Gasteiger partial charge in [0.25, 0.3) is 0 Å². The summed E-state index contributed by atoms with van der Waals surface area (Å²) in [6.45, 7) is 10.7. The van der Waals surface area contributed by atoms with Gasteiger partial charge in [-0.15, -0.1) is 0 Å². The Morgan fingerprint density at radius 2 is 1.68 bits per heavy atom. The lowest BCUT2D eigenvalue weighted by Gasteiger charge is -2.40. The van der Waals surface area contributed by atoms with Gasteiger partial charge in [-0.05, 0) is 46.0 Å². The summed E-state index contributed by atoms with van der Waals surface area (Å²) in [5.41, 5.74) is -1.21. The number of rotatable bonds is 5. The molecular formula is C17H31NO4. The molecule has 0 bridgehead atoms. The first-order valence-electron chi connectivity index (χ1n) is 8.35. The number of ether oxygens (including phenoxy) is 1. The molecule has 1 fully saturated rings. The van der Waals surface area contributed by atoms with Gasteiger partial charge in [-0.1, -0.05) is 26.7 Å². The van der Waals surface area contributed by atoms with E-state index < -0.39 is 17.0 Å². The second kappa shape index (κ2) is 7.34. The first kappa shape index (κ1) is 18.8. The Bertz CT molecular complexity index is 388. The van der Waals surface area contributed by atoms with E-state index in [4.69, 9.17) is 4.74 Å². The Morgan fingerprint density at radius 1 is 1.18 bits per heavy atom. The molecule has 0 aliphatic carbocycles. The molecular weight excluding hydrogens is 282 g/mol. The van der Waals surface area contributed by atoms with E-state index in [1.807, 2.05) is 20.8 Å². The molecule has 128 valence electrons. The van der Waals surface area contributed by atoms with Crippen molar-refractivity contribution in [2.45, 2.75) is 72.3 Å². The van der Waals surface area contributed by atoms with Crippen LogP contribution in [0.5, 0.6) is 0 Å². The summed E-state index contributed by atoms with van der Waals surface area (Å²) >= 11 is 0. The van der Waals surface area contributed by atoms with Crippen molar-refractivity contribution in [2.24, 2.45) is 11.3 Å². The summed E-state index contributed by atoms with van der Waals surface area (Å²) < 4.78 is 5.37. The fraction of sp³-hybridized carbons (Fsp3) is 0.882. The van der Waals surface area contributed by atoms with E-state index in [2.05, 4.69) is 13.8 Å². The topological polar surface area (TPSA) is 66.8 Å². The molecule has 1 saturated heterocycles. The summed E-state index contributed by atoms with van der Waals surface area (Å²) in [5.74, 6) is -0.285. The predicted molar refractivity (Wildman–Crippen MR) is 85.8 cm³/mol. The number of likely N-dealkylation sites (tertiary alicyclic amines) is 1. The van der Waals surface area contributed by atoms with Crippen LogP contribution in [-0.4, -0.2) is 40.8 Å². The summed E-state index contributed by atoms with van der Waals surface area (Å²) in [7, 11) is 0. The Kier molecular flexibility index (Phi) is 6.27. The smallest absolute Gasteiger partial charge is 0.410 e. The maximum Gasteiger partial charge on any atom is 0.410 e. The van der Waals surface area contributed by atoms with E-state index >= 15 is 0 Å². The molecule has 5 heteroatoms. The molecule has 0 aromatic carbocycles. The summed E-state index contributed by atoms with van der Waals surface area (Å²) in [6.07, 6.45) is 3.39. The average Bonchev–Trinajstić information content (AvgIpc) is 2.43. The second-order valence-electron chi connectivity index (χ2n) is 7.44. The van der Waals surface area contributed by atoms with E-state index in [9.17, 15) is 14.7 Å². The van der Waals surface area contributed by atoms with Crippen LogP contribution in [0.3, 0.4) is 0 Å². The minimum absolute atomic E-state index is 0.339. The third-order valence-corrected chi connectivity index (χ3v) is 4.66. The number of amides is 1. The summed E-state index contributed by atoms with van der Waals surface area (Å²) in [5, 5.41) is 9.71. The van der Waals surface area contributed by atoms with Crippen LogP contribution in [0, 0.1) is 11.3 Å². The molecule has 0 radical (unpaired) electrons. The SMILES string of the molecule is CCC(CC)CC1(C(=O)O)CCN(C(=O)OC(C)(C)C)CC1. The van der Waals surface area contributed by atoms with Gasteiger partial charge < -0.3 is 14.7 Å². The molecule has 5 nitrogen and oxygen atoms in total. The molecule has 0 saturated carbocycles. The number of hydrogen-bond acceptors (Lipinski definition) is 3. The van der Waals surface area contributed by atoms with Crippen molar-refractivity contribution in [2.75, 3.05) is 13.1 Å². The number of aliphatic carboxylic acids is 1. The van der Waals surface area contributed by atoms with Crippen molar-refractivity contribution < 1.29 is 19.4 Å². The van der Waals surface area contributed by atoms with Gasteiger partial charge in [0, 0.05) is 13.1 Å². The first-order valence-corrected chi connectivity index (χ1v) is 8.35. The minimum Gasteiger partial charge on any atom is -0.481 e. The lowest BCUT2D eigenvalue weighted by molar-refractivity contribution is -0.153. The highest BCUT2D eigenvalue weighted by Gasteiger charge is 2.43. The van der Waals surface area contributed by atoms with Crippen LogP contribution in [0.25, 0.3) is 0 Å². The fourth-order valence-electron chi connectivity index (χ4n) is 3.08. The molecule has 1 N–H and O–H groups in total. The van der Waals surface area contributed by atoms with Crippen molar-refractivity contribution in [1.82, 2.24) is 4.90 Å². The quantitative estimate of drug-likeness (QED) is 0.835. The highest BCUT2D eigenvalue weighted by molar-refractivity contribution is 5.75. The van der Waals surface area contributed by atoms with Gasteiger partial charge in [0.2, 0.25) is 0 Å². The third kappa shape index (κ3) is 4.89.